The Bertz CT molecular complexity index is 1020. The van der Waals surface area contributed by atoms with Crippen LogP contribution in [0, 0.1) is 5.92 Å². The highest BCUT2D eigenvalue weighted by molar-refractivity contribution is 8.45. The van der Waals surface area contributed by atoms with Crippen LogP contribution < -0.4 is 15.8 Å². The van der Waals surface area contributed by atoms with E-state index in [1.807, 2.05) is 0 Å². The van der Waals surface area contributed by atoms with Gasteiger partial charge in [0.15, 0.2) is 0 Å². The smallest absolute Gasteiger partial charge is 0.310 e. The molecule has 12 heteroatoms. The van der Waals surface area contributed by atoms with Crippen LogP contribution in [-0.4, -0.2) is 30.0 Å². The monoisotopic (exact) mass is 454 g/mol. The van der Waals surface area contributed by atoms with Gasteiger partial charge in [-0.25, -0.2) is 4.98 Å². The van der Waals surface area contributed by atoms with Crippen molar-refractivity contribution in [2.75, 3.05) is 19.0 Å². The van der Waals surface area contributed by atoms with E-state index in [0.29, 0.717) is 12.1 Å². The van der Waals surface area contributed by atoms with Crippen molar-refractivity contribution >= 4 is 22.1 Å². The molecule has 1 unspecified atom stereocenters. The van der Waals surface area contributed by atoms with Gasteiger partial charge in [0.2, 0.25) is 5.95 Å². The fourth-order valence-corrected chi connectivity index (χ4v) is 3.33. The number of H-pyrrole nitrogens is 1. The summed E-state index contributed by atoms with van der Waals surface area (Å²) in [5.74, 6) is -0.945. The number of hydrogen-bond acceptors (Lipinski definition) is 4. The molecule has 0 spiro atoms. The largest absolute Gasteiger partial charge is 0.348 e. The van der Waals surface area contributed by atoms with Crippen molar-refractivity contribution in [2.45, 2.75) is 31.2 Å². The van der Waals surface area contributed by atoms with Gasteiger partial charge in [-0.05, 0) is 30.5 Å². The van der Waals surface area contributed by atoms with Gasteiger partial charge in [-0.15, -0.1) is 0 Å². The maximum Gasteiger partial charge on any atom is 0.310 e. The predicted octanol–water partition coefficient (Wildman–Crippen LogP) is 4.79. The molecule has 1 amide bonds. The Labute approximate surface area is 170 Å². The lowest BCUT2D eigenvalue weighted by Crippen LogP contribution is -2.47. The van der Waals surface area contributed by atoms with Crippen molar-refractivity contribution < 1.29 is 24.2 Å². The van der Waals surface area contributed by atoms with Crippen LogP contribution in [0.3, 0.4) is 0 Å². The van der Waals surface area contributed by atoms with Crippen LogP contribution in [0.5, 0.6) is 0 Å². The van der Waals surface area contributed by atoms with Crippen molar-refractivity contribution in [1.82, 2.24) is 15.3 Å². The van der Waals surface area contributed by atoms with Gasteiger partial charge < -0.3 is 10.2 Å². The van der Waals surface area contributed by atoms with Crippen LogP contribution in [0.4, 0.5) is 25.4 Å². The quantitative estimate of drug-likeness (QED) is 0.615. The molecule has 0 bridgehead atoms. The highest BCUT2D eigenvalue weighted by atomic mass is 32.5. The summed E-state index contributed by atoms with van der Waals surface area (Å²) in [4.78, 5) is 30.5. The lowest BCUT2D eigenvalue weighted by molar-refractivity contribution is 0.0870. The number of benzene rings is 1. The second-order valence-electron chi connectivity index (χ2n) is 7.65. The molecule has 2 N–H and O–H groups in total. The first kappa shape index (κ1) is 23.6. The van der Waals surface area contributed by atoms with Crippen LogP contribution in [0.2, 0.25) is 0 Å². The first-order chi connectivity index (χ1) is 13.3. The molecular formula is C18H23F5N4O2S. The van der Waals surface area contributed by atoms with Gasteiger partial charge in [0.25, 0.3) is 11.5 Å². The fraction of sp³-hybridized carbons (Fsp3) is 0.389. The molecule has 0 fully saturated rings. The Balaban J connectivity index is 2.45. The molecule has 1 aromatic carbocycles. The molecule has 0 aliphatic heterocycles. The van der Waals surface area contributed by atoms with E-state index >= 15 is 0 Å². The second kappa shape index (κ2) is 6.69. The molecule has 0 saturated heterocycles. The van der Waals surface area contributed by atoms with E-state index in [0.717, 1.165) is 18.2 Å². The fourth-order valence-electron chi connectivity index (χ4n) is 2.68. The molecule has 0 aliphatic rings. The maximum atomic E-state index is 13.0. The zero-order chi connectivity index (χ0) is 23.2. The van der Waals surface area contributed by atoms with E-state index in [2.05, 4.69) is 15.3 Å². The molecule has 0 saturated carbocycles. The lowest BCUT2D eigenvalue weighted by Gasteiger charge is -2.41. The number of hydrogen-bond donors (Lipinski definition) is 2. The molecule has 1 aromatic heterocycles. The average Bonchev–Trinajstić information content (AvgIpc) is 2.59. The van der Waals surface area contributed by atoms with Gasteiger partial charge in [0.05, 0.1) is 5.54 Å². The van der Waals surface area contributed by atoms with Gasteiger partial charge in [-0.1, -0.05) is 45.4 Å². The Morgan fingerprint density at radius 3 is 2.10 bits per heavy atom. The summed E-state index contributed by atoms with van der Waals surface area (Å²) in [5.41, 5.74) is -1.80. The van der Waals surface area contributed by atoms with E-state index in [9.17, 15) is 29.0 Å². The van der Waals surface area contributed by atoms with Crippen LogP contribution in [0.15, 0.2) is 40.0 Å². The molecule has 2 rings (SSSR count). The molecule has 0 aliphatic carbocycles. The molecular weight excluding hydrogens is 431 g/mol. The standard InChI is InChI=1S/C18H23F5N4O2S/c1-11(2)18(3,12-6-8-13(9-7-12)30(19,20,21,22)23)26-16(29)14-10-15(28)25-17(24-14)27(4)5/h6-11H,1-5H3,(H,26,29)(H,24,25,28). The third-order valence-electron chi connectivity index (χ3n) is 4.81. The van der Waals surface area contributed by atoms with Gasteiger partial charge >= 0.3 is 10.2 Å². The summed E-state index contributed by atoms with van der Waals surface area (Å²) in [5, 5.41) is 2.66. The topological polar surface area (TPSA) is 78.1 Å². The molecule has 30 heavy (non-hydrogen) atoms. The minimum atomic E-state index is -9.80. The first-order valence-corrected chi connectivity index (χ1v) is 10.7. The Kier molecular flexibility index (Phi) is 5.27. The van der Waals surface area contributed by atoms with Crippen molar-refractivity contribution in [1.29, 1.82) is 0 Å². The SMILES string of the molecule is CC(C)C(C)(NC(=O)c1cc(=O)[nH]c(N(C)C)n1)c1ccc(S(F)(F)(F)(F)F)cc1. The third-order valence-corrected chi connectivity index (χ3v) is 5.98. The minimum Gasteiger partial charge on any atom is -0.348 e. The predicted molar refractivity (Wildman–Crippen MR) is 107 cm³/mol. The Hall–Kier alpha value is -2.63. The molecule has 1 heterocycles. The molecule has 2 aromatic rings. The summed E-state index contributed by atoms with van der Waals surface area (Å²) in [7, 11) is -6.58. The van der Waals surface area contributed by atoms with Crippen molar-refractivity contribution in [3.63, 3.8) is 0 Å². The van der Waals surface area contributed by atoms with Gasteiger partial charge in [0, 0.05) is 20.2 Å². The maximum absolute atomic E-state index is 13.0. The van der Waals surface area contributed by atoms with Crippen molar-refractivity contribution in [3.8, 4) is 0 Å². The summed E-state index contributed by atoms with van der Waals surface area (Å²) in [6.45, 7) is 4.95. The number of aromatic nitrogens is 2. The van der Waals surface area contributed by atoms with Gasteiger partial charge in [-0.3, -0.25) is 14.6 Å². The summed E-state index contributed by atoms with van der Waals surface area (Å²) < 4.78 is 65.0. The highest BCUT2D eigenvalue weighted by Crippen LogP contribution is 3.02. The number of nitrogens with one attached hydrogen (secondary N) is 2. The Morgan fingerprint density at radius 1 is 1.13 bits per heavy atom. The van der Waals surface area contributed by atoms with E-state index in [4.69, 9.17) is 0 Å². The van der Waals surface area contributed by atoms with Crippen LogP contribution in [-0.2, 0) is 5.54 Å². The van der Waals surface area contributed by atoms with Crippen molar-refractivity contribution in [3.05, 3.63) is 51.9 Å². The first-order valence-electron chi connectivity index (χ1n) is 8.79. The van der Waals surface area contributed by atoms with E-state index in [1.54, 1.807) is 34.9 Å². The molecule has 6 nitrogen and oxygen atoms in total. The number of carbonyl (C=O) groups is 1. The highest BCUT2D eigenvalue weighted by Gasteiger charge is 2.65. The van der Waals surface area contributed by atoms with Gasteiger partial charge in [0.1, 0.15) is 10.6 Å². The number of halogens is 5. The second-order valence-corrected chi connectivity index (χ2v) is 10.1. The zero-order valence-electron chi connectivity index (χ0n) is 17.0. The number of carbonyl (C=O) groups excluding carboxylic acids is 1. The van der Waals surface area contributed by atoms with Crippen LogP contribution >= 0.6 is 10.2 Å². The number of aromatic amines is 1. The Morgan fingerprint density at radius 2 is 1.67 bits per heavy atom. The van der Waals surface area contributed by atoms with Crippen LogP contribution in [0.25, 0.3) is 0 Å². The number of nitrogens with zero attached hydrogens (tertiary/aromatic N) is 2. The zero-order valence-corrected chi connectivity index (χ0v) is 17.8. The summed E-state index contributed by atoms with van der Waals surface area (Å²) in [6.07, 6.45) is 0. The molecule has 0 radical (unpaired) electrons. The van der Waals surface area contributed by atoms with Crippen LogP contribution in [0.1, 0.15) is 36.8 Å². The van der Waals surface area contributed by atoms with E-state index in [-0.39, 0.29) is 23.1 Å². The van der Waals surface area contributed by atoms with E-state index in [1.165, 1.54) is 4.90 Å². The third kappa shape index (κ3) is 5.10. The minimum absolute atomic E-state index is 0.138. The number of rotatable bonds is 6. The van der Waals surface area contributed by atoms with Crippen molar-refractivity contribution in [2.24, 2.45) is 5.92 Å². The summed E-state index contributed by atoms with van der Waals surface area (Å²) in [6, 6.07) is 3.41. The number of anilines is 1. The molecule has 1 atom stereocenters. The van der Waals surface area contributed by atoms with E-state index < -0.39 is 32.1 Å². The normalized spacial score (nSPS) is 16.4. The number of amides is 1. The van der Waals surface area contributed by atoms with Gasteiger partial charge in [-0.2, -0.15) is 0 Å². The molecule has 168 valence electrons. The lowest BCUT2D eigenvalue weighted by atomic mass is 9.81. The average molecular weight is 454 g/mol. The summed E-state index contributed by atoms with van der Waals surface area (Å²) >= 11 is 0.